The molecule has 0 amide bonds. The summed E-state index contributed by atoms with van der Waals surface area (Å²) in [6.45, 7) is 0.249. The molecule has 2 aliphatic rings. The summed E-state index contributed by atoms with van der Waals surface area (Å²) in [6, 6.07) is 0. The van der Waals surface area contributed by atoms with Crippen LogP contribution in [0.4, 0.5) is 0 Å². The molecule has 17 heavy (non-hydrogen) atoms. The largest absolute Gasteiger partial charge is 1.00 e. The van der Waals surface area contributed by atoms with Gasteiger partial charge in [-0.1, -0.05) is 48.6 Å². The Hall–Kier alpha value is 0.660. The van der Waals surface area contributed by atoms with Gasteiger partial charge in [0.15, 0.2) is 0 Å². The van der Waals surface area contributed by atoms with Gasteiger partial charge in [-0.25, -0.2) is 0 Å². The Morgan fingerprint density at radius 2 is 1.06 bits per heavy atom. The molecular formula is C12H14Cl3HfO-3. The Bertz CT molecular complexity index is 248. The van der Waals surface area contributed by atoms with E-state index >= 15 is 0 Å². The minimum Gasteiger partial charge on any atom is -1.00 e. The molecule has 2 aliphatic carbocycles. The summed E-state index contributed by atoms with van der Waals surface area (Å²) in [5.74, 6) is 1.12. The van der Waals surface area contributed by atoms with Crippen LogP contribution in [0.15, 0.2) is 48.6 Å². The molecule has 0 aromatic carbocycles. The van der Waals surface area contributed by atoms with Crippen molar-refractivity contribution < 1.29 is 68.2 Å². The Kier molecular flexibility index (Phi) is 15.7. The van der Waals surface area contributed by atoms with Crippen LogP contribution in [0.1, 0.15) is 0 Å². The summed E-state index contributed by atoms with van der Waals surface area (Å²) in [5, 5.41) is 9.31. The molecule has 2 rings (SSSR count). The van der Waals surface area contributed by atoms with Crippen LogP contribution in [-0.4, -0.2) is 11.7 Å². The molecule has 1 nitrogen and oxygen atoms in total. The van der Waals surface area contributed by atoms with Crippen molar-refractivity contribution in [3.8, 4) is 0 Å². The molecule has 5 heteroatoms. The Labute approximate surface area is 140 Å². The second-order valence-electron chi connectivity index (χ2n) is 3.54. The first-order chi connectivity index (χ1) is 6.42. The van der Waals surface area contributed by atoms with Crippen molar-refractivity contribution in [2.45, 2.75) is 0 Å². The van der Waals surface area contributed by atoms with Crippen LogP contribution in [0.5, 0.6) is 0 Å². The molecule has 0 saturated heterocycles. The third-order valence-corrected chi connectivity index (χ3v) is 2.76. The Morgan fingerprint density at radius 3 is 1.29 bits per heavy atom. The molecule has 0 fully saturated rings. The molecule has 0 aromatic heterocycles. The number of allylic oxidation sites excluding steroid dienone is 8. The van der Waals surface area contributed by atoms with E-state index in [0.717, 1.165) is 0 Å². The van der Waals surface area contributed by atoms with E-state index in [0.29, 0.717) is 17.8 Å². The van der Waals surface area contributed by atoms with Gasteiger partial charge in [-0.05, 0) is 0 Å². The summed E-state index contributed by atoms with van der Waals surface area (Å²) >= 11 is 0. The molecule has 0 heterocycles. The fourth-order valence-corrected chi connectivity index (χ4v) is 1.97. The predicted octanol–water partition coefficient (Wildman–Crippen LogP) is -6.91. The van der Waals surface area contributed by atoms with Crippen LogP contribution in [-0.2, 0) is 25.8 Å². The average Bonchev–Trinajstić information content (AvgIpc) is 2.76. The van der Waals surface area contributed by atoms with E-state index in [-0.39, 0.29) is 69.7 Å². The van der Waals surface area contributed by atoms with Gasteiger partial charge >= 0.3 is 0 Å². The van der Waals surface area contributed by atoms with Gasteiger partial charge in [0.05, 0.1) is 0 Å². The summed E-state index contributed by atoms with van der Waals surface area (Å²) in [7, 11) is 0. The number of rotatable bonds is 3. The first-order valence-corrected chi connectivity index (χ1v) is 4.72. The van der Waals surface area contributed by atoms with Gasteiger partial charge in [0.1, 0.15) is 0 Å². The molecule has 0 unspecified atom stereocenters. The van der Waals surface area contributed by atoms with Crippen LogP contribution in [0.3, 0.4) is 0 Å². The van der Waals surface area contributed by atoms with Crippen molar-refractivity contribution in [1.82, 2.24) is 0 Å². The molecule has 0 radical (unpaired) electrons. The molecular weight excluding hydrogens is 445 g/mol. The van der Waals surface area contributed by atoms with Crippen LogP contribution in [0, 0.1) is 17.8 Å². The first kappa shape index (κ1) is 22.8. The van der Waals surface area contributed by atoms with Gasteiger partial charge in [0.2, 0.25) is 0 Å². The van der Waals surface area contributed by atoms with Gasteiger partial charge in [0.25, 0.3) is 0 Å². The zero-order valence-corrected chi connectivity index (χ0v) is 15.0. The number of halogens is 3. The molecule has 0 saturated carbocycles. The number of aliphatic hydroxyl groups is 1. The fourth-order valence-electron chi connectivity index (χ4n) is 1.97. The number of aliphatic hydroxyl groups excluding tert-OH is 1. The quantitative estimate of drug-likeness (QED) is 0.417. The van der Waals surface area contributed by atoms with Crippen molar-refractivity contribution in [2.24, 2.45) is 17.8 Å². The second kappa shape index (κ2) is 11.7. The van der Waals surface area contributed by atoms with Crippen LogP contribution >= 0.6 is 0 Å². The van der Waals surface area contributed by atoms with Crippen molar-refractivity contribution in [1.29, 1.82) is 0 Å². The van der Waals surface area contributed by atoms with Gasteiger partial charge < -0.3 is 42.3 Å². The monoisotopic (exact) mass is 459 g/mol. The van der Waals surface area contributed by atoms with Crippen LogP contribution < -0.4 is 37.2 Å². The van der Waals surface area contributed by atoms with Crippen LogP contribution in [0.2, 0.25) is 0 Å². The zero-order chi connectivity index (χ0) is 9.10. The molecule has 1 N–H and O–H groups in total. The third-order valence-electron chi connectivity index (χ3n) is 2.76. The predicted molar refractivity (Wildman–Crippen MR) is 54.1 cm³/mol. The second-order valence-corrected chi connectivity index (χ2v) is 3.54. The van der Waals surface area contributed by atoms with Gasteiger partial charge in [-0.2, -0.15) is 0 Å². The maximum absolute atomic E-state index is 9.31. The van der Waals surface area contributed by atoms with E-state index in [9.17, 15) is 5.11 Å². The summed E-state index contributed by atoms with van der Waals surface area (Å²) in [6.07, 6.45) is 16.8. The van der Waals surface area contributed by atoms with Gasteiger partial charge in [-0.15, -0.1) is 0 Å². The molecule has 0 atom stereocenters. The summed E-state index contributed by atoms with van der Waals surface area (Å²) in [5.41, 5.74) is 0. The van der Waals surface area contributed by atoms with E-state index in [2.05, 4.69) is 48.6 Å². The van der Waals surface area contributed by atoms with E-state index in [1.807, 2.05) is 0 Å². The Morgan fingerprint density at radius 1 is 0.765 bits per heavy atom. The van der Waals surface area contributed by atoms with E-state index < -0.39 is 0 Å². The third kappa shape index (κ3) is 5.89. The minimum absolute atomic E-state index is 0. The van der Waals surface area contributed by atoms with Gasteiger partial charge in [0, 0.05) is 50.2 Å². The maximum atomic E-state index is 9.31. The fraction of sp³-hybridized carbons (Fsp3) is 0.333. The first-order valence-electron chi connectivity index (χ1n) is 4.72. The van der Waals surface area contributed by atoms with Crippen molar-refractivity contribution in [3.05, 3.63) is 48.6 Å². The Balaban J connectivity index is -0.000000490. The number of hydrogen-bond donors (Lipinski definition) is 1. The average molecular weight is 459 g/mol. The molecule has 0 aromatic rings. The van der Waals surface area contributed by atoms with Crippen LogP contribution in [0.25, 0.3) is 0 Å². The summed E-state index contributed by atoms with van der Waals surface area (Å²) < 4.78 is 0. The summed E-state index contributed by atoms with van der Waals surface area (Å²) in [4.78, 5) is 0. The van der Waals surface area contributed by atoms with Gasteiger partial charge in [-0.3, -0.25) is 0 Å². The van der Waals surface area contributed by atoms with E-state index in [4.69, 9.17) is 0 Å². The topological polar surface area (TPSA) is 20.2 Å². The SMILES string of the molecule is OCC(C1C=CC=C1)C1C=CC=C1.[Cl-].[Cl-].[Cl-].[Hf]. The van der Waals surface area contributed by atoms with E-state index in [1.165, 1.54) is 0 Å². The molecule has 0 spiro atoms. The number of hydrogen-bond acceptors (Lipinski definition) is 1. The normalized spacial score (nSPS) is 16.4. The maximum Gasteiger partial charge on any atom is 0.0476 e. The zero-order valence-electron chi connectivity index (χ0n) is 9.14. The smallest absolute Gasteiger partial charge is 0.0476 e. The van der Waals surface area contributed by atoms with Crippen molar-refractivity contribution in [2.75, 3.05) is 6.61 Å². The molecule has 96 valence electrons. The molecule has 0 bridgehead atoms. The molecule has 0 aliphatic heterocycles. The van der Waals surface area contributed by atoms with E-state index in [1.54, 1.807) is 0 Å². The standard InChI is InChI=1S/C12H14O.3ClH.Hf/c13-9-12(10-5-1-2-6-10)11-7-3-4-8-11;;;;/h1-8,10-13H,9H2;3*1H;/p-3. The minimum atomic E-state index is 0. The van der Waals surface area contributed by atoms with Crippen molar-refractivity contribution in [3.63, 3.8) is 0 Å². The van der Waals surface area contributed by atoms with Crippen molar-refractivity contribution >= 4 is 0 Å².